The van der Waals surface area contributed by atoms with Crippen LogP contribution in [0, 0.1) is 0 Å². The number of nitrogens with one attached hydrogen (secondary N) is 1. The first-order chi connectivity index (χ1) is 13.1. The highest BCUT2D eigenvalue weighted by molar-refractivity contribution is 7.12. The van der Waals surface area contributed by atoms with Gasteiger partial charge in [-0.3, -0.25) is 14.5 Å². The number of halogens is 1. The molecular weight excluding hydrogens is 386 g/mol. The van der Waals surface area contributed by atoms with Gasteiger partial charge in [-0.15, -0.1) is 11.3 Å². The van der Waals surface area contributed by atoms with Crippen LogP contribution in [0.2, 0.25) is 5.02 Å². The molecule has 0 spiro atoms. The Morgan fingerprint density at radius 1 is 1.22 bits per heavy atom. The van der Waals surface area contributed by atoms with Gasteiger partial charge in [-0.25, -0.2) is 0 Å². The van der Waals surface area contributed by atoms with E-state index in [0.717, 1.165) is 24.5 Å². The summed E-state index contributed by atoms with van der Waals surface area (Å²) >= 11 is 7.45. The van der Waals surface area contributed by atoms with Crippen molar-refractivity contribution in [2.24, 2.45) is 0 Å². The third-order valence-electron chi connectivity index (χ3n) is 4.51. The number of piperazine rings is 1. The number of benzene rings is 1. The van der Waals surface area contributed by atoms with Crippen LogP contribution in [0.3, 0.4) is 0 Å². The van der Waals surface area contributed by atoms with Crippen molar-refractivity contribution in [2.75, 3.05) is 46.4 Å². The smallest absolute Gasteiger partial charge is 0.264 e. The van der Waals surface area contributed by atoms with E-state index in [4.69, 9.17) is 16.3 Å². The Bertz CT molecular complexity index is 790. The van der Waals surface area contributed by atoms with E-state index in [1.54, 1.807) is 18.2 Å². The van der Waals surface area contributed by atoms with Crippen LogP contribution in [0.5, 0.6) is 5.75 Å². The van der Waals surface area contributed by atoms with Gasteiger partial charge in [0.2, 0.25) is 0 Å². The fourth-order valence-corrected chi connectivity index (χ4v) is 3.87. The number of amides is 2. The number of nitrogens with zero attached hydrogens (tertiary/aromatic N) is 2. The standard InChI is InChI=1S/C19H22ClN3O3S/c1-26-16-5-4-14(20)13-15(16)18(24)21-6-7-22-8-10-23(11-9-22)19(25)17-3-2-12-27-17/h2-5,12-13H,6-11H2,1H3,(H,21,24). The molecule has 8 heteroatoms. The Balaban J connectivity index is 1.43. The third-order valence-corrected chi connectivity index (χ3v) is 5.60. The van der Waals surface area contributed by atoms with Gasteiger partial charge in [0.25, 0.3) is 11.8 Å². The fraction of sp³-hybridized carbons (Fsp3) is 0.368. The van der Waals surface area contributed by atoms with Crippen LogP contribution >= 0.6 is 22.9 Å². The van der Waals surface area contributed by atoms with Crippen LogP contribution in [0.1, 0.15) is 20.0 Å². The number of carbonyl (C=O) groups is 2. The molecule has 1 N–H and O–H groups in total. The van der Waals surface area contributed by atoms with Gasteiger partial charge in [0.1, 0.15) is 5.75 Å². The largest absolute Gasteiger partial charge is 0.496 e. The topological polar surface area (TPSA) is 61.9 Å². The molecule has 1 saturated heterocycles. The van der Waals surface area contributed by atoms with Crippen LogP contribution in [-0.4, -0.2) is 68.0 Å². The molecule has 0 unspecified atom stereocenters. The van der Waals surface area contributed by atoms with Gasteiger partial charge < -0.3 is 15.0 Å². The predicted molar refractivity (Wildman–Crippen MR) is 107 cm³/mol. The summed E-state index contributed by atoms with van der Waals surface area (Å²) in [5.74, 6) is 0.393. The summed E-state index contributed by atoms with van der Waals surface area (Å²) in [5.41, 5.74) is 0.427. The Morgan fingerprint density at radius 2 is 2.00 bits per heavy atom. The summed E-state index contributed by atoms with van der Waals surface area (Å²) in [7, 11) is 1.52. The molecule has 3 rings (SSSR count). The molecule has 27 heavy (non-hydrogen) atoms. The van der Waals surface area contributed by atoms with Crippen molar-refractivity contribution in [1.82, 2.24) is 15.1 Å². The van der Waals surface area contributed by atoms with Crippen molar-refractivity contribution in [2.45, 2.75) is 0 Å². The molecular formula is C19H22ClN3O3S. The van der Waals surface area contributed by atoms with Gasteiger partial charge in [0.15, 0.2) is 0 Å². The van der Waals surface area contributed by atoms with Gasteiger partial charge in [0.05, 0.1) is 17.6 Å². The van der Waals surface area contributed by atoms with Gasteiger partial charge in [0, 0.05) is 44.3 Å². The van der Waals surface area contributed by atoms with Crippen LogP contribution in [0.25, 0.3) is 0 Å². The van der Waals surface area contributed by atoms with E-state index in [9.17, 15) is 9.59 Å². The number of thiophene rings is 1. The molecule has 6 nitrogen and oxygen atoms in total. The molecule has 1 aliphatic rings. The quantitative estimate of drug-likeness (QED) is 0.799. The zero-order valence-corrected chi connectivity index (χ0v) is 16.7. The molecule has 0 saturated carbocycles. The molecule has 0 bridgehead atoms. The zero-order chi connectivity index (χ0) is 19.2. The van der Waals surface area contributed by atoms with Crippen molar-refractivity contribution >= 4 is 34.8 Å². The van der Waals surface area contributed by atoms with E-state index >= 15 is 0 Å². The molecule has 1 aromatic heterocycles. The lowest BCUT2D eigenvalue weighted by Gasteiger charge is -2.34. The Kier molecular flexibility index (Phi) is 6.71. The lowest BCUT2D eigenvalue weighted by atomic mass is 10.2. The summed E-state index contributed by atoms with van der Waals surface area (Å²) in [6.45, 7) is 4.25. The van der Waals surface area contributed by atoms with Crippen LogP contribution in [-0.2, 0) is 0 Å². The normalized spacial score (nSPS) is 14.8. The van der Waals surface area contributed by atoms with Crippen LogP contribution in [0.4, 0.5) is 0 Å². The minimum Gasteiger partial charge on any atom is -0.496 e. The van der Waals surface area contributed by atoms with E-state index in [1.165, 1.54) is 18.4 Å². The second-order valence-electron chi connectivity index (χ2n) is 6.21. The third kappa shape index (κ3) is 5.00. The van der Waals surface area contributed by atoms with Crippen molar-refractivity contribution in [3.8, 4) is 5.75 Å². The molecule has 0 radical (unpaired) electrons. The summed E-state index contributed by atoms with van der Waals surface area (Å²) < 4.78 is 5.22. The molecule has 0 atom stereocenters. The van der Waals surface area contributed by atoms with E-state index in [0.29, 0.717) is 36.0 Å². The summed E-state index contributed by atoms with van der Waals surface area (Å²) in [5, 5.41) is 5.32. The molecule has 1 aliphatic heterocycles. The van der Waals surface area contributed by atoms with E-state index in [-0.39, 0.29) is 11.8 Å². The minimum atomic E-state index is -0.208. The number of methoxy groups -OCH3 is 1. The number of ether oxygens (including phenoxy) is 1. The lowest BCUT2D eigenvalue weighted by molar-refractivity contribution is 0.0643. The fourth-order valence-electron chi connectivity index (χ4n) is 3.01. The average molecular weight is 408 g/mol. The first-order valence-corrected chi connectivity index (χ1v) is 10.0. The first kappa shape index (κ1) is 19.7. The monoisotopic (exact) mass is 407 g/mol. The van der Waals surface area contributed by atoms with Crippen molar-refractivity contribution in [1.29, 1.82) is 0 Å². The summed E-state index contributed by atoms with van der Waals surface area (Å²) in [6, 6.07) is 8.73. The number of rotatable bonds is 6. The van der Waals surface area contributed by atoms with E-state index < -0.39 is 0 Å². The average Bonchev–Trinajstić information content (AvgIpc) is 3.22. The molecule has 1 fully saturated rings. The maximum atomic E-state index is 12.4. The van der Waals surface area contributed by atoms with Crippen molar-refractivity contribution in [3.63, 3.8) is 0 Å². The number of hydrogen-bond donors (Lipinski definition) is 1. The second kappa shape index (κ2) is 9.21. The van der Waals surface area contributed by atoms with Crippen molar-refractivity contribution < 1.29 is 14.3 Å². The second-order valence-corrected chi connectivity index (χ2v) is 7.60. The maximum Gasteiger partial charge on any atom is 0.264 e. The molecule has 0 aliphatic carbocycles. The maximum absolute atomic E-state index is 12.4. The minimum absolute atomic E-state index is 0.103. The first-order valence-electron chi connectivity index (χ1n) is 8.75. The number of hydrogen-bond acceptors (Lipinski definition) is 5. The summed E-state index contributed by atoms with van der Waals surface area (Å²) in [6.07, 6.45) is 0. The van der Waals surface area contributed by atoms with E-state index in [2.05, 4.69) is 10.2 Å². The molecule has 2 amide bonds. The zero-order valence-electron chi connectivity index (χ0n) is 15.1. The van der Waals surface area contributed by atoms with Crippen LogP contribution < -0.4 is 10.1 Å². The molecule has 144 valence electrons. The van der Waals surface area contributed by atoms with Gasteiger partial charge in [-0.2, -0.15) is 0 Å². The van der Waals surface area contributed by atoms with Gasteiger partial charge in [-0.05, 0) is 29.6 Å². The van der Waals surface area contributed by atoms with Crippen LogP contribution in [0.15, 0.2) is 35.7 Å². The van der Waals surface area contributed by atoms with E-state index in [1.807, 2.05) is 22.4 Å². The lowest BCUT2D eigenvalue weighted by Crippen LogP contribution is -2.50. The molecule has 1 aromatic carbocycles. The Labute approximate surface area is 167 Å². The highest BCUT2D eigenvalue weighted by atomic mass is 35.5. The van der Waals surface area contributed by atoms with Crippen molar-refractivity contribution in [3.05, 3.63) is 51.2 Å². The molecule has 2 aromatic rings. The predicted octanol–water partition coefficient (Wildman–Crippen LogP) is 2.60. The number of carbonyl (C=O) groups excluding carboxylic acids is 2. The highest BCUT2D eigenvalue weighted by Gasteiger charge is 2.22. The summed E-state index contributed by atoms with van der Waals surface area (Å²) in [4.78, 5) is 29.6. The Morgan fingerprint density at radius 3 is 2.67 bits per heavy atom. The molecule has 2 heterocycles. The SMILES string of the molecule is COc1ccc(Cl)cc1C(=O)NCCN1CCN(C(=O)c2cccs2)CC1. The van der Waals surface area contributed by atoms with Gasteiger partial charge in [-0.1, -0.05) is 17.7 Å². The highest BCUT2D eigenvalue weighted by Crippen LogP contribution is 2.22. The van der Waals surface area contributed by atoms with Gasteiger partial charge >= 0.3 is 0 Å². The Hall–Kier alpha value is -2.09.